The van der Waals surface area contributed by atoms with Gasteiger partial charge in [0.05, 0.1) is 23.1 Å². The molecule has 2 rings (SSSR count). The summed E-state index contributed by atoms with van der Waals surface area (Å²) < 4.78 is 12.8. The van der Waals surface area contributed by atoms with Gasteiger partial charge in [-0.15, -0.1) is 0 Å². The maximum Gasteiger partial charge on any atom is 0.147 e. The highest BCUT2D eigenvalue weighted by molar-refractivity contribution is 6.33. The molecule has 0 saturated carbocycles. The molecule has 0 aliphatic rings. The molecule has 5 heteroatoms. The molecule has 0 N–H and O–H groups in total. The summed E-state index contributed by atoms with van der Waals surface area (Å²) in [6, 6.07) is 4.10. The van der Waals surface area contributed by atoms with Crippen LogP contribution in [0.5, 0.6) is 0 Å². The van der Waals surface area contributed by atoms with Crippen LogP contribution in [0, 0.1) is 5.82 Å². The molecular weight excluding hydrogens is 238 g/mol. The number of rotatable bonds is 1. The Morgan fingerprint density at radius 1 is 1.07 bits per heavy atom. The zero-order valence-corrected chi connectivity index (χ0v) is 8.93. The monoisotopic (exact) mass is 242 g/mol. The fourth-order valence-corrected chi connectivity index (χ4v) is 1.51. The van der Waals surface area contributed by atoms with Gasteiger partial charge in [-0.3, -0.25) is 4.98 Å². The standard InChI is InChI=1S/C10H5Cl2FN2/c11-8-3-6(13)1-2-7(8)9-4-15-10(12)5-14-9/h1-5H. The summed E-state index contributed by atoms with van der Waals surface area (Å²) in [5.74, 6) is -0.384. The fourth-order valence-electron chi connectivity index (χ4n) is 1.15. The van der Waals surface area contributed by atoms with Crippen molar-refractivity contribution >= 4 is 23.2 Å². The summed E-state index contributed by atoms with van der Waals surface area (Å²) in [7, 11) is 0. The van der Waals surface area contributed by atoms with Gasteiger partial charge in [-0.2, -0.15) is 0 Å². The predicted octanol–water partition coefficient (Wildman–Crippen LogP) is 3.59. The summed E-state index contributed by atoms with van der Waals surface area (Å²) >= 11 is 11.5. The summed E-state index contributed by atoms with van der Waals surface area (Å²) in [5.41, 5.74) is 1.19. The van der Waals surface area contributed by atoms with Crippen molar-refractivity contribution in [3.63, 3.8) is 0 Å². The Labute approximate surface area is 95.7 Å². The van der Waals surface area contributed by atoms with Crippen LogP contribution in [-0.4, -0.2) is 9.97 Å². The van der Waals surface area contributed by atoms with Crippen LogP contribution in [0.15, 0.2) is 30.6 Å². The van der Waals surface area contributed by atoms with Gasteiger partial charge < -0.3 is 0 Å². The second-order valence-corrected chi connectivity index (χ2v) is 3.64. The molecule has 1 aromatic carbocycles. The van der Waals surface area contributed by atoms with Crippen molar-refractivity contribution in [1.29, 1.82) is 0 Å². The Bertz CT molecular complexity index is 485. The van der Waals surface area contributed by atoms with E-state index >= 15 is 0 Å². The lowest BCUT2D eigenvalue weighted by molar-refractivity contribution is 0.628. The summed E-state index contributed by atoms with van der Waals surface area (Å²) in [6.07, 6.45) is 2.90. The van der Waals surface area contributed by atoms with Gasteiger partial charge in [0.15, 0.2) is 0 Å². The van der Waals surface area contributed by atoms with E-state index in [1.165, 1.54) is 24.5 Å². The third-order valence-corrected chi connectivity index (χ3v) is 2.34. The molecule has 0 saturated heterocycles. The molecule has 0 unspecified atom stereocenters. The molecular formula is C10H5Cl2FN2. The lowest BCUT2D eigenvalue weighted by atomic mass is 10.1. The highest BCUT2D eigenvalue weighted by Gasteiger charge is 2.06. The van der Waals surface area contributed by atoms with Gasteiger partial charge in [0.2, 0.25) is 0 Å². The van der Waals surface area contributed by atoms with E-state index in [-0.39, 0.29) is 5.82 Å². The Morgan fingerprint density at radius 2 is 1.87 bits per heavy atom. The molecule has 76 valence electrons. The first-order valence-electron chi connectivity index (χ1n) is 4.10. The van der Waals surface area contributed by atoms with Gasteiger partial charge >= 0.3 is 0 Å². The molecule has 0 spiro atoms. The van der Waals surface area contributed by atoms with Crippen LogP contribution < -0.4 is 0 Å². The van der Waals surface area contributed by atoms with E-state index in [0.717, 1.165) is 0 Å². The quantitative estimate of drug-likeness (QED) is 0.764. The van der Waals surface area contributed by atoms with Gasteiger partial charge in [0.1, 0.15) is 11.0 Å². The van der Waals surface area contributed by atoms with Gasteiger partial charge in [-0.1, -0.05) is 23.2 Å². The van der Waals surface area contributed by atoms with Crippen molar-refractivity contribution in [2.24, 2.45) is 0 Å². The molecule has 0 fully saturated rings. The SMILES string of the molecule is Fc1ccc(-c2cnc(Cl)cn2)c(Cl)c1. The van der Waals surface area contributed by atoms with Gasteiger partial charge in [-0.05, 0) is 18.2 Å². The zero-order valence-electron chi connectivity index (χ0n) is 7.42. The second-order valence-electron chi connectivity index (χ2n) is 2.85. The van der Waals surface area contributed by atoms with Crippen molar-refractivity contribution in [1.82, 2.24) is 9.97 Å². The van der Waals surface area contributed by atoms with Crippen LogP contribution in [0.25, 0.3) is 11.3 Å². The molecule has 15 heavy (non-hydrogen) atoms. The highest BCUT2D eigenvalue weighted by Crippen LogP contribution is 2.26. The van der Waals surface area contributed by atoms with Crippen LogP contribution >= 0.6 is 23.2 Å². The number of halogens is 3. The molecule has 0 bridgehead atoms. The average molecular weight is 243 g/mol. The number of aromatic nitrogens is 2. The summed E-state index contributed by atoms with van der Waals surface area (Å²) in [5, 5.41) is 0.601. The maximum atomic E-state index is 12.8. The maximum absolute atomic E-state index is 12.8. The molecule has 0 atom stereocenters. The number of hydrogen-bond donors (Lipinski definition) is 0. The van der Waals surface area contributed by atoms with Crippen molar-refractivity contribution in [2.45, 2.75) is 0 Å². The van der Waals surface area contributed by atoms with Crippen molar-refractivity contribution in [2.75, 3.05) is 0 Å². The second kappa shape index (κ2) is 4.13. The minimum absolute atomic E-state index is 0.298. The number of hydrogen-bond acceptors (Lipinski definition) is 2. The van der Waals surface area contributed by atoms with E-state index in [9.17, 15) is 4.39 Å². The summed E-state index contributed by atoms with van der Waals surface area (Å²) in [4.78, 5) is 7.91. The van der Waals surface area contributed by atoms with E-state index in [1.54, 1.807) is 6.07 Å². The summed E-state index contributed by atoms with van der Waals surface area (Å²) in [6.45, 7) is 0. The van der Waals surface area contributed by atoms with Crippen molar-refractivity contribution in [3.05, 3.63) is 46.6 Å². The molecule has 1 heterocycles. The largest absolute Gasteiger partial charge is 0.251 e. The Morgan fingerprint density at radius 3 is 2.47 bits per heavy atom. The molecule has 0 aliphatic heterocycles. The fraction of sp³-hybridized carbons (Fsp3) is 0. The molecule has 0 amide bonds. The Kier molecular flexibility index (Phi) is 2.84. The third kappa shape index (κ3) is 2.25. The van der Waals surface area contributed by atoms with Gasteiger partial charge in [-0.25, -0.2) is 9.37 Å². The predicted molar refractivity (Wildman–Crippen MR) is 57.4 cm³/mol. The average Bonchev–Trinajstić information content (AvgIpc) is 2.20. The topological polar surface area (TPSA) is 25.8 Å². The zero-order chi connectivity index (χ0) is 10.8. The van der Waals surface area contributed by atoms with Crippen molar-refractivity contribution < 1.29 is 4.39 Å². The van der Waals surface area contributed by atoms with E-state index < -0.39 is 0 Å². The molecule has 0 aliphatic carbocycles. The minimum Gasteiger partial charge on any atom is -0.251 e. The lowest BCUT2D eigenvalue weighted by Crippen LogP contribution is -1.87. The number of benzene rings is 1. The molecule has 1 aromatic heterocycles. The van der Waals surface area contributed by atoms with Crippen LogP contribution in [-0.2, 0) is 0 Å². The van der Waals surface area contributed by atoms with Crippen LogP contribution in [0.3, 0.4) is 0 Å². The van der Waals surface area contributed by atoms with E-state index in [2.05, 4.69) is 9.97 Å². The Hall–Kier alpha value is -1.19. The highest BCUT2D eigenvalue weighted by atomic mass is 35.5. The van der Waals surface area contributed by atoms with Crippen LogP contribution in [0.2, 0.25) is 10.2 Å². The normalized spacial score (nSPS) is 10.3. The number of nitrogens with zero attached hydrogens (tertiary/aromatic N) is 2. The van der Waals surface area contributed by atoms with E-state index in [0.29, 0.717) is 21.4 Å². The first-order valence-corrected chi connectivity index (χ1v) is 4.85. The third-order valence-electron chi connectivity index (χ3n) is 1.83. The smallest absolute Gasteiger partial charge is 0.147 e. The first-order chi connectivity index (χ1) is 7.16. The first kappa shape index (κ1) is 10.3. The minimum atomic E-state index is -0.384. The lowest BCUT2D eigenvalue weighted by Gasteiger charge is -2.02. The Balaban J connectivity index is 2.49. The van der Waals surface area contributed by atoms with E-state index in [4.69, 9.17) is 23.2 Å². The van der Waals surface area contributed by atoms with E-state index in [1.807, 2.05) is 0 Å². The molecule has 2 nitrogen and oxygen atoms in total. The van der Waals surface area contributed by atoms with Gasteiger partial charge in [0, 0.05) is 5.56 Å². The van der Waals surface area contributed by atoms with Gasteiger partial charge in [0.25, 0.3) is 0 Å². The van der Waals surface area contributed by atoms with Crippen LogP contribution in [0.4, 0.5) is 4.39 Å². The van der Waals surface area contributed by atoms with Crippen molar-refractivity contribution in [3.8, 4) is 11.3 Å². The van der Waals surface area contributed by atoms with Crippen LogP contribution in [0.1, 0.15) is 0 Å². The molecule has 2 aromatic rings. The molecule has 0 radical (unpaired) electrons.